The van der Waals surface area contributed by atoms with Crippen LogP contribution in [0.1, 0.15) is 6.42 Å². The van der Waals surface area contributed by atoms with E-state index in [1.165, 1.54) is 6.33 Å². The summed E-state index contributed by atoms with van der Waals surface area (Å²) in [7, 11) is 0. The highest BCUT2D eigenvalue weighted by molar-refractivity contribution is 7.17. The maximum Gasteiger partial charge on any atom is 0.226 e. The molecule has 0 saturated carbocycles. The molecular formula is C15H11N3OS. The zero-order valence-corrected chi connectivity index (χ0v) is 11.4. The van der Waals surface area contributed by atoms with Gasteiger partial charge in [-0.15, -0.1) is 11.3 Å². The first-order valence-corrected chi connectivity index (χ1v) is 7.05. The summed E-state index contributed by atoms with van der Waals surface area (Å²) in [4.78, 5) is 9.37. The summed E-state index contributed by atoms with van der Waals surface area (Å²) in [6.07, 6.45) is 1.84. The SMILES string of the molecule is N#CCCOc1ncnc2scc(-c3ccccc3)c12. The van der Waals surface area contributed by atoms with Gasteiger partial charge in [0.2, 0.25) is 5.88 Å². The third-order valence-corrected chi connectivity index (χ3v) is 3.76. The van der Waals surface area contributed by atoms with E-state index in [1.54, 1.807) is 11.3 Å². The van der Waals surface area contributed by atoms with Crippen LogP contribution in [0.25, 0.3) is 21.3 Å². The molecule has 0 fully saturated rings. The van der Waals surface area contributed by atoms with Gasteiger partial charge in [-0.3, -0.25) is 0 Å². The minimum Gasteiger partial charge on any atom is -0.476 e. The van der Waals surface area contributed by atoms with E-state index >= 15 is 0 Å². The molecule has 4 nitrogen and oxygen atoms in total. The van der Waals surface area contributed by atoms with E-state index in [4.69, 9.17) is 10.00 Å². The number of fused-ring (bicyclic) bond motifs is 1. The van der Waals surface area contributed by atoms with E-state index in [2.05, 4.69) is 21.4 Å². The molecule has 0 bridgehead atoms. The van der Waals surface area contributed by atoms with Crippen LogP contribution in [0.4, 0.5) is 0 Å². The van der Waals surface area contributed by atoms with Crippen LogP contribution in [0.3, 0.4) is 0 Å². The fraction of sp³-hybridized carbons (Fsp3) is 0.133. The van der Waals surface area contributed by atoms with Crippen LogP contribution in [-0.4, -0.2) is 16.6 Å². The van der Waals surface area contributed by atoms with Crippen LogP contribution in [0, 0.1) is 11.3 Å². The molecule has 0 amide bonds. The Kier molecular flexibility index (Phi) is 3.57. The van der Waals surface area contributed by atoms with E-state index in [1.807, 2.05) is 30.3 Å². The van der Waals surface area contributed by atoms with Crippen LogP contribution in [0.2, 0.25) is 0 Å². The molecule has 2 aromatic heterocycles. The number of nitriles is 1. The summed E-state index contributed by atoms with van der Waals surface area (Å²) < 4.78 is 5.61. The van der Waals surface area contributed by atoms with Crippen molar-refractivity contribution in [2.75, 3.05) is 6.61 Å². The summed E-state index contributed by atoms with van der Waals surface area (Å²) in [6.45, 7) is 0.340. The van der Waals surface area contributed by atoms with Gasteiger partial charge >= 0.3 is 0 Å². The number of benzene rings is 1. The molecule has 0 radical (unpaired) electrons. The van der Waals surface area contributed by atoms with E-state index in [-0.39, 0.29) is 0 Å². The monoisotopic (exact) mass is 281 g/mol. The smallest absolute Gasteiger partial charge is 0.226 e. The molecule has 1 aromatic carbocycles. The summed E-state index contributed by atoms with van der Waals surface area (Å²) in [6, 6.07) is 12.1. The predicted octanol–water partition coefficient (Wildman–Crippen LogP) is 3.65. The lowest BCUT2D eigenvalue weighted by molar-refractivity contribution is 0.318. The normalized spacial score (nSPS) is 10.3. The number of aromatic nitrogens is 2. The lowest BCUT2D eigenvalue weighted by atomic mass is 10.1. The zero-order valence-electron chi connectivity index (χ0n) is 10.6. The van der Waals surface area contributed by atoms with Crippen molar-refractivity contribution >= 4 is 21.6 Å². The van der Waals surface area contributed by atoms with E-state index in [0.29, 0.717) is 18.9 Å². The molecule has 0 saturated heterocycles. The van der Waals surface area contributed by atoms with E-state index < -0.39 is 0 Å². The largest absolute Gasteiger partial charge is 0.476 e. The first-order chi connectivity index (χ1) is 9.90. The third kappa shape index (κ3) is 2.33. The number of hydrogen-bond donors (Lipinski definition) is 0. The summed E-state index contributed by atoms with van der Waals surface area (Å²) >= 11 is 1.57. The second kappa shape index (κ2) is 5.68. The highest BCUT2D eigenvalue weighted by Gasteiger charge is 2.13. The molecule has 0 atom stereocenters. The second-order valence-corrected chi connectivity index (χ2v) is 4.99. The van der Waals surface area contributed by atoms with Gasteiger partial charge in [0.25, 0.3) is 0 Å². The Labute approximate surface area is 120 Å². The van der Waals surface area contributed by atoms with E-state index in [9.17, 15) is 0 Å². The molecule has 3 aromatic rings. The minimum atomic E-state index is 0.340. The number of rotatable bonds is 4. The Hall–Kier alpha value is -2.45. The van der Waals surface area contributed by atoms with Crippen LogP contribution >= 0.6 is 11.3 Å². The van der Waals surface area contributed by atoms with Crippen molar-refractivity contribution < 1.29 is 4.74 Å². The number of hydrogen-bond acceptors (Lipinski definition) is 5. The zero-order chi connectivity index (χ0) is 13.8. The number of nitrogens with zero attached hydrogens (tertiary/aromatic N) is 3. The van der Waals surface area contributed by atoms with Crippen molar-refractivity contribution in [1.82, 2.24) is 9.97 Å². The Morgan fingerprint density at radius 3 is 2.85 bits per heavy atom. The first kappa shape index (κ1) is 12.6. The molecule has 3 rings (SSSR count). The molecule has 0 unspecified atom stereocenters. The van der Waals surface area contributed by atoms with Gasteiger partial charge in [-0.05, 0) is 5.56 Å². The molecule has 2 heterocycles. The average molecular weight is 281 g/mol. The highest BCUT2D eigenvalue weighted by atomic mass is 32.1. The standard InChI is InChI=1S/C15H11N3OS/c16-7-4-8-19-14-13-12(11-5-2-1-3-6-11)9-20-15(13)18-10-17-14/h1-3,5-6,9-10H,4,8H2. The fourth-order valence-electron chi connectivity index (χ4n) is 1.98. The van der Waals surface area contributed by atoms with Gasteiger partial charge in [0, 0.05) is 10.9 Å². The average Bonchev–Trinajstić information content (AvgIpc) is 2.93. The first-order valence-electron chi connectivity index (χ1n) is 6.17. The van der Waals surface area contributed by atoms with Gasteiger partial charge in [-0.25, -0.2) is 9.97 Å². The Morgan fingerprint density at radius 1 is 1.20 bits per heavy atom. The summed E-state index contributed by atoms with van der Waals surface area (Å²) in [5.74, 6) is 0.547. The van der Waals surface area contributed by atoms with Crippen molar-refractivity contribution in [3.8, 4) is 23.1 Å². The number of ether oxygens (including phenoxy) is 1. The third-order valence-electron chi connectivity index (χ3n) is 2.87. The summed E-state index contributed by atoms with van der Waals surface area (Å²) in [5.41, 5.74) is 2.18. The Morgan fingerprint density at radius 2 is 2.05 bits per heavy atom. The van der Waals surface area contributed by atoms with Crippen LogP contribution in [-0.2, 0) is 0 Å². The van der Waals surface area contributed by atoms with Crippen molar-refractivity contribution in [2.24, 2.45) is 0 Å². The molecule has 0 N–H and O–H groups in total. The van der Waals surface area contributed by atoms with Crippen molar-refractivity contribution in [1.29, 1.82) is 5.26 Å². The van der Waals surface area contributed by atoms with Gasteiger partial charge in [0.05, 0.1) is 17.9 Å². The van der Waals surface area contributed by atoms with Gasteiger partial charge in [-0.2, -0.15) is 5.26 Å². The molecule has 0 aliphatic rings. The van der Waals surface area contributed by atoms with E-state index in [0.717, 1.165) is 21.3 Å². The molecule has 5 heteroatoms. The Balaban J connectivity index is 2.08. The van der Waals surface area contributed by atoms with Crippen LogP contribution in [0.15, 0.2) is 42.0 Å². The maximum absolute atomic E-state index is 8.59. The lowest BCUT2D eigenvalue weighted by Crippen LogP contribution is -1.99. The maximum atomic E-state index is 8.59. The van der Waals surface area contributed by atoms with Gasteiger partial charge in [-0.1, -0.05) is 30.3 Å². The number of thiophene rings is 1. The van der Waals surface area contributed by atoms with Gasteiger partial charge in [0.15, 0.2) is 0 Å². The topological polar surface area (TPSA) is 58.8 Å². The molecule has 0 aliphatic carbocycles. The lowest BCUT2D eigenvalue weighted by Gasteiger charge is -2.06. The second-order valence-electron chi connectivity index (χ2n) is 4.13. The van der Waals surface area contributed by atoms with Crippen LogP contribution in [0.5, 0.6) is 5.88 Å². The van der Waals surface area contributed by atoms with Crippen LogP contribution < -0.4 is 4.74 Å². The van der Waals surface area contributed by atoms with Crippen molar-refractivity contribution in [2.45, 2.75) is 6.42 Å². The van der Waals surface area contributed by atoms with Gasteiger partial charge in [0.1, 0.15) is 17.8 Å². The highest BCUT2D eigenvalue weighted by Crippen LogP contribution is 2.37. The fourth-order valence-corrected chi connectivity index (χ4v) is 2.89. The van der Waals surface area contributed by atoms with Gasteiger partial charge < -0.3 is 4.74 Å². The molecule has 98 valence electrons. The predicted molar refractivity (Wildman–Crippen MR) is 78.6 cm³/mol. The summed E-state index contributed by atoms with van der Waals surface area (Å²) in [5, 5.41) is 11.6. The van der Waals surface area contributed by atoms with Crippen molar-refractivity contribution in [3.63, 3.8) is 0 Å². The molecular weight excluding hydrogens is 270 g/mol. The van der Waals surface area contributed by atoms with Crippen molar-refractivity contribution in [3.05, 3.63) is 42.0 Å². The minimum absolute atomic E-state index is 0.340. The molecule has 0 aliphatic heterocycles. The quantitative estimate of drug-likeness (QED) is 0.685. The Bertz CT molecular complexity index is 762. The molecule has 0 spiro atoms. The molecule has 20 heavy (non-hydrogen) atoms.